The van der Waals surface area contributed by atoms with Crippen LogP contribution in [0.3, 0.4) is 0 Å². The molecule has 0 aliphatic rings. The van der Waals surface area contributed by atoms with Gasteiger partial charge in [0.05, 0.1) is 13.2 Å². The van der Waals surface area contributed by atoms with Crippen LogP contribution in [-0.2, 0) is 0 Å². The minimum Gasteiger partial charge on any atom is -0.395 e. The predicted octanol–water partition coefficient (Wildman–Crippen LogP) is 0.679. The maximum Gasteiger partial charge on any atom is 0.255 e. The molecule has 0 spiro atoms. The number of nitrogens with zero attached hydrogens (tertiary/aromatic N) is 3. The van der Waals surface area contributed by atoms with Crippen LogP contribution in [0.2, 0.25) is 0 Å². The Morgan fingerprint density at radius 1 is 1.40 bits per heavy atom. The van der Waals surface area contributed by atoms with Crippen LogP contribution in [0.5, 0.6) is 0 Å². The van der Waals surface area contributed by atoms with Crippen LogP contribution in [0.4, 0.5) is 19.0 Å². The highest BCUT2D eigenvalue weighted by molar-refractivity contribution is 5.36. The Balaban J connectivity index is 2.78. The molecule has 0 saturated heterocycles. The summed E-state index contributed by atoms with van der Waals surface area (Å²) in [5, 5.41) is 8.66. The third-order valence-corrected chi connectivity index (χ3v) is 1.67. The third kappa shape index (κ3) is 3.70. The minimum atomic E-state index is -2.57. The van der Waals surface area contributed by atoms with Crippen molar-refractivity contribution < 1.29 is 18.3 Å². The van der Waals surface area contributed by atoms with Gasteiger partial charge in [0.2, 0.25) is 5.95 Å². The second-order valence-corrected chi connectivity index (χ2v) is 2.76. The molecule has 0 aliphatic heterocycles. The van der Waals surface area contributed by atoms with Crippen molar-refractivity contribution in [3.05, 3.63) is 18.3 Å². The van der Waals surface area contributed by atoms with Gasteiger partial charge in [-0.1, -0.05) is 0 Å². The van der Waals surface area contributed by atoms with Gasteiger partial charge in [-0.15, -0.1) is 0 Å². The molecule has 0 saturated carbocycles. The Kier molecular flexibility index (Phi) is 4.29. The molecule has 0 aliphatic carbocycles. The van der Waals surface area contributed by atoms with Crippen molar-refractivity contribution in [3.8, 4) is 0 Å². The lowest BCUT2D eigenvalue weighted by Crippen LogP contribution is -2.32. The van der Waals surface area contributed by atoms with Gasteiger partial charge in [-0.2, -0.15) is 4.39 Å². The largest absolute Gasteiger partial charge is 0.395 e. The first-order valence-electron chi connectivity index (χ1n) is 4.25. The summed E-state index contributed by atoms with van der Waals surface area (Å²) in [6.45, 7) is -0.934. The number of anilines is 1. The fourth-order valence-corrected chi connectivity index (χ4v) is 1.08. The molecule has 1 aromatic rings. The quantitative estimate of drug-likeness (QED) is 0.743. The Labute approximate surface area is 84.4 Å². The second kappa shape index (κ2) is 5.50. The normalized spacial score (nSPS) is 10.7. The summed E-state index contributed by atoms with van der Waals surface area (Å²) in [7, 11) is 0. The Hall–Kier alpha value is -1.37. The number of rotatable bonds is 5. The molecule has 0 unspecified atom stereocenters. The highest BCUT2D eigenvalue weighted by Crippen LogP contribution is 2.11. The summed E-state index contributed by atoms with van der Waals surface area (Å²) < 4.78 is 36.9. The number of hydrogen-bond acceptors (Lipinski definition) is 4. The summed E-state index contributed by atoms with van der Waals surface area (Å²) in [6.07, 6.45) is -1.63. The van der Waals surface area contributed by atoms with Gasteiger partial charge in [0.1, 0.15) is 12.1 Å². The molecule has 0 fully saturated rings. The van der Waals surface area contributed by atoms with Crippen LogP contribution in [0.15, 0.2) is 12.4 Å². The van der Waals surface area contributed by atoms with Crippen LogP contribution in [0, 0.1) is 5.95 Å². The molecule has 15 heavy (non-hydrogen) atoms. The summed E-state index contributed by atoms with van der Waals surface area (Å²) >= 11 is 0. The molecule has 1 aromatic heterocycles. The molecular weight excluding hydrogens is 211 g/mol. The summed E-state index contributed by atoms with van der Waals surface area (Å²) in [5.41, 5.74) is 0. The Morgan fingerprint density at radius 2 is 2.13 bits per heavy atom. The van der Waals surface area contributed by atoms with Crippen LogP contribution in [-0.4, -0.2) is 41.2 Å². The first-order chi connectivity index (χ1) is 7.13. The van der Waals surface area contributed by atoms with E-state index in [2.05, 4.69) is 9.97 Å². The molecule has 7 heteroatoms. The average Bonchev–Trinajstić information content (AvgIpc) is 2.16. The third-order valence-electron chi connectivity index (χ3n) is 1.67. The lowest BCUT2D eigenvalue weighted by atomic mass is 10.4. The van der Waals surface area contributed by atoms with Gasteiger partial charge < -0.3 is 10.0 Å². The van der Waals surface area contributed by atoms with Gasteiger partial charge in [0, 0.05) is 12.6 Å². The zero-order chi connectivity index (χ0) is 11.3. The maximum absolute atomic E-state index is 12.7. The van der Waals surface area contributed by atoms with Crippen LogP contribution >= 0.6 is 0 Å². The average molecular weight is 221 g/mol. The highest BCUT2D eigenvalue weighted by atomic mass is 19.3. The van der Waals surface area contributed by atoms with Crippen LogP contribution in [0.1, 0.15) is 0 Å². The number of aromatic nitrogens is 2. The SMILES string of the molecule is OCCN(CC(F)F)c1cc(F)ncn1. The van der Waals surface area contributed by atoms with Crippen LogP contribution < -0.4 is 4.90 Å². The van der Waals surface area contributed by atoms with E-state index in [4.69, 9.17) is 5.11 Å². The zero-order valence-corrected chi connectivity index (χ0v) is 7.78. The smallest absolute Gasteiger partial charge is 0.255 e. The van der Waals surface area contributed by atoms with Gasteiger partial charge in [0.25, 0.3) is 6.43 Å². The topological polar surface area (TPSA) is 49.2 Å². The van der Waals surface area contributed by atoms with Gasteiger partial charge in [-0.25, -0.2) is 18.7 Å². The molecule has 0 bridgehead atoms. The monoisotopic (exact) mass is 221 g/mol. The second-order valence-electron chi connectivity index (χ2n) is 2.76. The fraction of sp³-hybridized carbons (Fsp3) is 0.500. The van der Waals surface area contributed by atoms with E-state index in [0.717, 1.165) is 17.3 Å². The maximum atomic E-state index is 12.7. The first-order valence-corrected chi connectivity index (χ1v) is 4.25. The van der Waals surface area contributed by atoms with E-state index in [0.29, 0.717) is 0 Å². The summed E-state index contributed by atoms with van der Waals surface area (Å²) in [4.78, 5) is 7.94. The van der Waals surface area contributed by atoms with Crippen molar-refractivity contribution in [2.45, 2.75) is 6.43 Å². The van der Waals surface area contributed by atoms with Crippen molar-refractivity contribution in [1.82, 2.24) is 9.97 Å². The summed E-state index contributed by atoms with van der Waals surface area (Å²) in [5.74, 6) is -0.756. The molecule has 0 atom stereocenters. The molecule has 1 heterocycles. The highest BCUT2D eigenvalue weighted by Gasteiger charge is 2.14. The number of halogens is 3. The van der Waals surface area contributed by atoms with Gasteiger partial charge in [-0.3, -0.25) is 0 Å². The predicted molar refractivity (Wildman–Crippen MR) is 47.3 cm³/mol. The number of alkyl halides is 2. The lowest BCUT2D eigenvalue weighted by molar-refractivity contribution is 0.152. The van der Waals surface area contributed by atoms with Crippen LogP contribution in [0.25, 0.3) is 0 Å². The van der Waals surface area contributed by atoms with Gasteiger partial charge in [0.15, 0.2) is 0 Å². The van der Waals surface area contributed by atoms with E-state index < -0.39 is 18.9 Å². The standard InChI is InChI=1S/C8H10F3N3O/c9-6(10)4-14(1-2-15)8-3-7(11)12-5-13-8/h3,5-6,15H,1-2,4H2. The number of aliphatic hydroxyl groups is 1. The van der Waals surface area contributed by atoms with Crippen molar-refractivity contribution in [1.29, 1.82) is 0 Å². The van der Waals surface area contributed by atoms with E-state index in [1.807, 2.05) is 0 Å². The zero-order valence-electron chi connectivity index (χ0n) is 7.78. The van der Waals surface area contributed by atoms with Gasteiger partial charge in [-0.05, 0) is 0 Å². The molecule has 0 aromatic carbocycles. The lowest BCUT2D eigenvalue weighted by Gasteiger charge is -2.21. The molecule has 0 amide bonds. The molecule has 0 radical (unpaired) electrons. The van der Waals surface area contributed by atoms with Crippen molar-refractivity contribution in [3.63, 3.8) is 0 Å². The van der Waals surface area contributed by atoms with Crippen molar-refractivity contribution in [2.75, 3.05) is 24.6 Å². The minimum absolute atomic E-state index is 0.0270. The van der Waals surface area contributed by atoms with Crippen molar-refractivity contribution in [2.24, 2.45) is 0 Å². The van der Waals surface area contributed by atoms with Crippen molar-refractivity contribution >= 4 is 5.82 Å². The molecule has 84 valence electrons. The number of aliphatic hydroxyl groups excluding tert-OH is 1. The Bertz CT molecular complexity index is 311. The van der Waals surface area contributed by atoms with E-state index in [9.17, 15) is 13.2 Å². The summed E-state index contributed by atoms with van der Waals surface area (Å²) in [6, 6.07) is 0.942. The van der Waals surface area contributed by atoms with Gasteiger partial charge >= 0.3 is 0 Å². The number of hydrogen-bond donors (Lipinski definition) is 1. The van der Waals surface area contributed by atoms with E-state index >= 15 is 0 Å². The van der Waals surface area contributed by atoms with E-state index in [1.165, 1.54) is 0 Å². The van der Waals surface area contributed by atoms with E-state index in [-0.39, 0.29) is 19.0 Å². The Morgan fingerprint density at radius 3 is 2.67 bits per heavy atom. The molecular formula is C8H10F3N3O. The molecule has 1 N–H and O–H groups in total. The van der Waals surface area contributed by atoms with E-state index in [1.54, 1.807) is 0 Å². The molecule has 1 rings (SSSR count). The first kappa shape index (κ1) is 11.7. The fourth-order valence-electron chi connectivity index (χ4n) is 1.08. The molecule has 4 nitrogen and oxygen atoms in total.